The van der Waals surface area contributed by atoms with Crippen molar-refractivity contribution in [2.24, 2.45) is 0 Å². The van der Waals surface area contributed by atoms with Gasteiger partial charge in [-0.1, -0.05) is 12.1 Å². The van der Waals surface area contributed by atoms with Gasteiger partial charge in [0.2, 0.25) is 5.91 Å². The fourth-order valence-electron chi connectivity index (χ4n) is 2.50. The first-order chi connectivity index (χ1) is 10.1. The third-order valence-corrected chi connectivity index (χ3v) is 4.53. The summed E-state index contributed by atoms with van der Waals surface area (Å²) in [6.07, 6.45) is 2.11. The number of aryl methyl sites for hydroxylation is 1. The molecule has 108 valence electrons. The third kappa shape index (κ3) is 2.88. The number of thiophene rings is 1. The molecule has 0 bridgehead atoms. The summed E-state index contributed by atoms with van der Waals surface area (Å²) in [5.41, 5.74) is 1.12. The van der Waals surface area contributed by atoms with Crippen LogP contribution in [-0.2, 0) is 11.2 Å². The summed E-state index contributed by atoms with van der Waals surface area (Å²) in [5, 5.41) is 1.93. The van der Waals surface area contributed by atoms with Crippen LogP contribution in [0.3, 0.4) is 0 Å². The Bertz CT molecular complexity index is 695. The molecule has 3 nitrogen and oxygen atoms in total. The molecule has 1 aliphatic heterocycles. The van der Waals surface area contributed by atoms with Crippen molar-refractivity contribution < 1.29 is 14.0 Å². The molecule has 0 atom stereocenters. The summed E-state index contributed by atoms with van der Waals surface area (Å²) in [6, 6.07) is 7.46. The fraction of sp³-hybridized carbons (Fsp3) is 0.250. The summed E-state index contributed by atoms with van der Waals surface area (Å²) < 4.78 is 13.2. The van der Waals surface area contributed by atoms with Crippen molar-refractivity contribution >= 4 is 28.7 Å². The van der Waals surface area contributed by atoms with Crippen molar-refractivity contribution in [2.45, 2.75) is 19.3 Å². The lowest BCUT2D eigenvalue weighted by molar-refractivity contribution is -0.118. The van der Waals surface area contributed by atoms with Gasteiger partial charge in [0.05, 0.1) is 12.2 Å². The molecule has 5 heteroatoms. The molecule has 0 aliphatic carbocycles. The summed E-state index contributed by atoms with van der Waals surface area (Å²) in [6.45, 7) is -0.0357. The molecule has 2 aromatic rings. The summed E-state index contributed by atoms with van der Waals surface area (Å²) in [5.74, 6) is -0.738. The first kappa shape index (κ1) is 13.9. The van der Waals surface area contributed by atoms with Crippen molar-refractivity contribution in [2.75, 3.05) is 11.4 Å². The minimum absolute atomic E-state index is 0.0357. The smallest absolute Gasteiger partial charge is 0.227 e. The molecule has 2 heterocycles. The van der Waals surface area contributed by atoms with Crippen LogP contribution < -0.4 is 4.90 Å². The zero-order chi connectivity index (χ0) is 14.8. The van der Waals surface area contributed by atoms with Crippen LogP contribution in [0.1, 0.15) is 28.1 Å². The van der Waals surface area contributed by atoms with E-state index in [-0.39, 0.29) is 18.2 Å². The Morgan fingerprint density at radius 1 is 1.29 bits per heavy atom. The predicted molar refractivity (Wildman–Crippen MR) is 80.3 cm³/mol. The molecule has 0 N–H and O–H groups in total. The number of nitrogens with zero attached hydrogens (tertiary/aromatic N) is 1. The Kier molecular flexibility index (Phi) is 3.84. The minimum atomic E-state index is -0.445. The highest BCUT2D eigenvalue weighted by molar-refractivity contribution is 7.10. The normalized spacial score (nSPS) is 14.7. The second kappa shape index (κ2) is 5.77. The molecule has 1 aromatic carbocycles. The Hall–Kier alpha value is -2.01. The van der Waals surface area contributed by atoms with Crippen molar-refractivity contribution in [3.05, 3.63) is 52.0 Å². The maximum Gasteiger partial charge on any atom is 0.227 e. The average molecular weight is 303 g/mol. The highest BCUT2D eigenvalue weighted by atomic mass is 32.1. The van der Waals surface area contributed by atoms with Crippen molar-refractivity contribution in [1.82, 2.24) is 0 Å². The number of carbonyl (C=O) groups excluding carboxylic acids is 2. The van der Waals surface area contributed by atoms with Crippen molar-refractivity contribution in [3.8, 4) is 0 Å². The monoisotopic (exact) mass is 303 g/mol. The molecule has 3 rings (SSSR count). The van der Waals surface area contributed by atoms with E-state index in [1.54, 1.807) is 17.4 Å². The quantitative estimate of drug-likeness (QED) is 0.815. The summed E-state index contributed by atoms with van der Waals surface area (Å²) in [4.78, 5) is 27.2. The number of rotatable bonds is 3. The van der Waals surface area contributed by atoms with Crippen LogP contribution in [0.5, 0.6) is 0 Å². The van der Waals surface area contributed by atoms with Gasteiger partial charge < -0.3 is 4.90 Å². The number of hydrogen-bond acceptors (Lipinski definition) is 3. The number of carbonyl (C=O) groups is 2. The molecule has 0 unspecified atom stereocenters. The van der Waals surface area contributed by atoms with E-state index in [2.05, 4.69) is 0 Å². The van der Waals surface area contributed by atoms with Crippen LogP contribution in [-0.4, -0.2) is 18.2 Å². The van der Waals surface area contributed by atoms with Crippen LogP contribution >= 0.6 is 11.3 Å². The number of amides is 1. The van der Waals surface area contributed by atoms with Gasteiger partial charge in [-0.2, -0.15) is 0 Å². The van der Waals surface area contributed by atoms with Crippen LogP contribution in [0.25, 0.3) is 0 Å². The molecular weight excluding hydrogens is 289 g/mol. The van der Waals surface area contributed by atoms with Gasteiger partial charge in [-0.25, -0.2) is 4.39 Å². The molecule has 1 aliphatic rings. The van der Waals surface area contributed by atoms with Gasteiger partial charge in [-0.15, -0.1) is 11.3 Å². The highest BCUT2D eigenvalue weighted by Gasteiger charge is 2.25. The molecule has 0 fully saturated rings. The highest BCUT2D eigenvalue weighted by Crippen LogP contribution is 2.31. The Morgan fingerprint density at radius 2 is 2.14 bits per heavy atom. The van der Waals surface area contributed by atoms with E-state index in [1.165, 1.54) is 23.1 Å². The number of hydrogen-bond donors (Lipinski definition) is 0. The SMILES string of the molecule is O=C(CN1C(=O)CCCc2sccc21)c1cccc(F)c1. The zero-order valence-corrected chi connectivity index (χ0v) is 12.2. The molecule has 21 heavy (non-hydrogen) atoms. The maximum atomic E-state index is 13.2. The van der Waals surface area contributed by atoms with Crippen LogP contribution in [0.15, 0.2) is 35.7 Å². The Labute approximate surface area is 126 Å². The van der Waals surface area contributed by atoms with Gasteiger partial charge in [-0.05, 0) is 36.4 Å². The van der Waals surface area contributed by atoms with E-state index in [0.717, 1.165) is 23.4 Å². The molecule has 0 spiro atoms. The Morgan fingerprint density at radius 3 is 2.95 bits per heavy atom. The number of anilines is 1. The molecule has 0 saturated heterocycles. The number of fused-ring (bicyclic) bond motifs is 1. The van der Waals surface area contributed by atoms with Gasteiger partial charge in [-0.3, -0.25) is 9.59 Å². The van der Waals surface area contributed by atoms with Crippen LogP contribution in [0.4, 0.5) is 10.1 Å². The average Bonchev–Trinajstić information content (AvgIpc) is 2.87. The molecule has 0 saturated carbocycles. The van der Waals surface area contributed by atoms with E-state index < -0.39 is 5.82 Å². The lowest BCUT2D eigenvalue weighted by Crippen LogP contribution is -2.35. The molecular formula is C16H14FNO2S. The first-order valence-electron chi connectivity index (χ1n) is 6.80. The maximum absolute atomic E-state index is 13.2. The molecule has 1 aromatic heterocycles. The number of ketones is 1. The minimum Gasteiger partial charge on any atom is -0.303 e. The number of Topliss-reactive ketones (excluding diaryl/α,β-unsaturated/α-hetero) is 1. The predicted octanol–water partition coefficient (Wildman–Crippen LogP) is 3.44. The largest absolute Gasteiger partial charge is 0.303 e. The van der Waals surface area contributed by atoms with Gasteiger partial charge in [0.1, 0.15) is 5.82 Å². The van der Waals surface area contributed by atoms with Gasteiger partial charge in [0.15, 0.2) is 5.78 Å². The van der Waals surface area contributed by atoms with Crippen LogP contribution in [0, 0.1) is 5.82 Å². The van der Waals surface area contributed by atoms with Gasteiger partial charge in [0, 0.05) is 16.9 Å². The summed E-state index contributed by atoms with van der Waals surface area (Å²) >= 11 is 1.60. The van der Waals surface area contributed by atoms with Gasteiger partial charge in [0.25, 0.3) is 0 Å². The van der Waals surface area contributed by atoms with Crippen molar-refractivity contribution in [3.63, 3.8) is 0 Å². The fourth-order valence-corrected chi connectivity index (χ4v) is 3.42. The number of benzene rings is 1. The lowest BCUT2D eigenvalue weighted by Gasteiger charge is -2.20. The second-order valence-electron chi connectivity index (χ2n) is 5.00. The van der Waals surface area contributed by atoms with Gasteiger partial charge >= 0.3 is 0 Å². The van der Waals surface area contributed by atoms with E-state index in [1.807, 2.05) is 11.4 Å². The van der Waals surface area contributed by atoms with Crippen LogP contribution in [0.2, 0.25) is 0 Å². The van der Waals surface area contributed by atoms with E-state index >= 15 is 0 Å². The number of halogens is 1. The second-order valence-corrected chi connectivity index (χ2v) is 6.00. The van der Waals surface area contributed by atoms with Crippen molar-refractivity contribution in [1.29, 1.82) is 0 Å². The standard InChI is InChI=1S/C16H14FNO2S/c17-12-4-1-3-11(9-12)14(19)10-18-13-7-8-21-15(13)5-2-6-16(18)20/h1,3-4,7-9H,2,5-6,10H2. The molecule has 1 amide bonds. The molecule has 0 radical (unpaired) electrons. The summed E-state index contributed by atoms with van der Waals surface area (Å²) in [7, 11) is 0. The van der Waals surface area contributed by atoms with E-state index in [9.17, 15) is 14.0 Å². The third-order valence-electron chi connectivity index (χ3n) is 3.56. The first-order valence-corrected chi connectivity index (χ1v) is 7.68. The van der Waals surface area contributed by atoms with E-state index in [4.69, 9.17) is 0 Å². The van der Waals surface area contributed by atoms with E-state index in [0.29, 0.717) is 12.0 Å². The lowest BCUT2D eigenvalue weighted by atomic mass is 10.1. The Balaban J connectivity index is 1.86. The zero-order valence-electron chi connectivity index (χ0n) is 11.3. The topological polar surface area (TPSA) is 37.4 Å².